The molecule has 0 fully saturated rings. The summed E-state index contributed by atoms with van der Waals surface area (Å²) in [5, 5.41) is 9.97. The van der Waals surface area contributed by atoms with Gasteiger partial charge in [-0.15, -0.1) is 0 Å². The first-order valence-corrected chi connectivity index (χ1v) is 24.2. The number of allylic oxidation sites excluding steroid dienone is 4. The van der Waals surface area contributed by atoms with Crippen LogP contribution in [0.25, 0.3) is 121 Å². The minimum atomic E-state index is 0.00529. The third kappa shape index (κ3) is 5.75. The zero-order valence-corrected chi connectivity index (χ0v) is 38.1. The van der Waals surface area contributed by atoms with Crippen molar-refractivity contribution in [2.24, 2.45) is 0 Å². The van der Waals surface area contributed by atoms with E-state index in [-0.39, 0.29) is 6.04 Å². The lowest BCUT2D eigenvalue weighted by Gasteiger charge is -2.26. The lowest BCUT2D eigenvalue weighted by Crippen LogP contribution is -2.14. The number of para-hydroxylation sites is 8. The summed E-state index contributed by atoms with van der Waals surface area (Å²) in [7, 11) is 0. The molecule has 5 heterocycles. The first-order chi connectivity index (χ1) is 34.7. The number of fused-ring (bicyclic) bond motifs is 12. The summed E-state index contributed by atoms with van der Waals surface area (Å²) in [6.45, 7) is 0. The van der Waals surface area contributed by atoms with Crippen molar-refractivity contribution in [3.63, 3.8) is 0 Å². The van der Waals surface area contributed by atoms with Gasteiger partial charge in [-0.3, -0.25) is 0 Å². The normalized spacial score (nSPS) is 14.3. The van der Waals surface area contributed by atoms with Crippen molar-refractivity contribution in [1.29, 1.82) is 0 Å². The molecule has 0 aliphatic heterocycles. The van der Waals surface area contributed by atoms with Gasteiger partial charge in [-0.05, 0) is 90.5 Å². The Morgan fingerprint density at radius 3 is 1.09 bits per heavy atom. The average Bonchev–Trinajstić information content (AvgIpc) is 4.16. The second-order valence-electron chi connectivity index (χ2n) is 18.7. The summed E-state index contributed by atoms with van der Waals surface area (Å²) in [4.78, 5) is 5.69. The fraction of sp³-hybridized carbons (Fsp3) is 0.0308. The van der Waals surface area contributed by atoms with Crippen molar-refractivity contribution < 1.29 is 0 Å². The van der Waals surface area contributed by atoms with Gasteiger partial charge in [0.05, 0.1) is 50.5 Å². The minimum Gasteiger partial charge on any atom is -0.333 e. The summed E-state index contributed by atoms with van der Waals surface area (Å²) in [5.41, 5.74) is 16.9. The van der Waals surface area contributed by atoms with Crippen molar-refractivity contribution in [2.75, 3.05) is 0 Å². The summed E-state index contributed by atoms with van der Waals surface area (Å²) >= 11 is 0. The van der Waals surface area contributed by atoms with Crippen LogP contribution in [0.3, 0.4) is 0 Å². The molecule has 9 aromatic carbocycles. The number of hydrogen-bond donors (Lipinski definition) is 0. The van der Waals surface area contributed by atoms with Gasteiger partial charge >= 0.3 is 0 Å². The Balaban J connectivity index is 0.972. The summed E-state index contributed by atoms with van der Waals surface area (Å²) < 4.78 is 9.91. The van der Waals surface area contributed by atoms with E-state index >= 15 is 0 Å². The Kier molecular flexibility index (Phi) is 8.42. The Hall–Kier alpha value is -9.19. The molecule has 1 aliphatic carbocycles. The molecular weight excluding hydrogens is 851 g/mol. The molecule has 70 heavy (non-hydrogen) atoms. The van der Waals surface area contributed by atoms with Crippen LogP contribution in [0.4, 0.5) is 0 Å². The van der Waals surface area contributed by atoms with E-state index < -0.39 is 0 Å². The third-order valence-corrected chi connectivity index (χ3v) is 14.8. The van der Waals surface area contributed by atoms with E-state index in [9.17, 15) is 0 Å². The molecular formula is C65H43N5. The van der Waals surface area contributed by atoms with Gasteiger partial charge in [0.15, 0.2) is 0 Å². The van der Waals surface area contributed by atoms with E-state index in [1.807, 2.05) is 0 Å². The maximum Gasteiger partial charge on any atom is 0.0711 e. The van der Waals surface area contributed by atoms with Crippen LogP contribution in [-0.2, 0) is 0 Å². The molecule has 0 amide bonds. The molecule has 5 aromatic heterocycles. The maximum atomic E-state index is 5.69. The molecule has 0 spiro atoms. The number of rotatable bonds is 6. The molecule has 328 valence electrons. The number of aromatic nitrogens is 5. The van der Waals surface area contributed by atoms with E-state index in [1.165, 1.54) is 92.9 Å². The van der Waals surface area contributed by atoms with Crippen molar-refractivity contribution in [3.05, 3.63) is 248 Å². The van der Waals surface area contributed by atoms with Crippen molar-refractivity contribution in [2.45, 2.75) is 12.5 Å². The van der Waals surface area contributed by atoms with Crippen molar-refractivity contribution in [3.8, 4) is 22.6 Å². The quantitative estimate of drug-likeness (QED) is 0.164. The van der Waals surface area contributed by atoms with Gasteiger partial charge in [0.2, 0.25) is 0 Å². The largest absolute Gasteiger partial charge is 0.333 e. The molecule has 1 unspecified atom stereocenters. The monoisotopic (exact) mass is 893 g/mol. The SMILES string of the molecule is C1=C(c2cccc(-c3cc(-n4c5ccccc5c5ccccc54)cc(-n4c5ccccc5c5ccccc54)c3)n2)C=C(n2c3ccccc3c3ccccc32)CC1n1c2ccccc2c2ccccc21. The molecule has 0 bridgehead atoms. The second kappa shape index (κ2) is 15.2. The van der Waals surface area contributed by atoms with Gasteiger partial charge in [0, 0.05) is 83.2 Å². The maximum absolute atomic E-state index is 5.69. The summed E-state index contributed by atoms with van der Waals surface area (Å²) in [5.74, 6) is 0. The van der Waals surface area contributed by atoms with Crippen LogP contribution < -0.4 is 0 Å². The molecule has 14 aromatic rings. The molecule has 5 heteroatoms. The average molecular weight is 894 g/mol. The van der Waals surface area contributed by atoms with Gasteiger partial charge in [0.25, 0.3) is 0 Å². The fourth-order valence-electron chi connectivity index (χ4n) is 11.9. The van der Waals surface area contributed by atoms with Crippen molar-refractivity contribution in [1.82, 2.24) is 23.3 Å². The van der Waals surface area contributed by atoms with Crippen LogP contribution in [0.1, 0.15) is 18.2 Å². The smallest absolute Gasteiger partial charge is 0.0711 e. The van der Waals surface area contributed by atoms with Gasteiger partial charge in [-0.25, -0.2) is 4.98 Å². The molecule has 5 nitrogen and oxygen atoms in total. The molecule has 1 atom stereocenters. The van der Waals surface area contributed by atoms with Gasteiger partial charge < -0.3 is 18.3 Å². The van der Waals surface area contributed by atoms with Crippen LogP contribution >= 0.6 is 0 Å². The predicted octanol–water partition coefficient (Wildman–Crippen LogP) is 16.7. The zero-order chi connectivity index (χ0) is 45.9. The van der Waals surface area contributed by atoms with E-state index in [0.29, 0.717) is 0 Å². The lowest BCUT2D eigenvalue weighted by atomic mass is 9.96. The highest BCUT2D eigenvalue weighted by molar-refractivity contribution is 6.13. The van der Waals surface area contributed by atoms with E-state index in [2.05, 4.69) is 261 Å². The van der Waals surface area contributed by atoms with Crippen LogP contribution in [-0.4, -0.2) is 23.3 Å². The van der Waals surface area contributed by atoms with E-state index in [1.54, 1.807) is 0 Å². The topological polar surface area (TPSA) is 32.6 Å². The van der Waals surface area contributed by atoms with E-state index in [0.717, 1.165) is 40.3 Å². The Morgan fingerprint density at radius 2 is 0.671 bits per heavy atom. The second-order valence-corrected chi connectivity index (χ2v) is 18.7. The van der Waals surface area contributed by atoms with Gasteiger partial charge in [-0.2, -0.15) is 0 Å². The zero-order valence-electron chi connectivity index (χ0n) is 38.1. The number of nitrogens with zero attached hydrogens (tertiary/aromatic N) is 5. The Morgan fingerprint density at radius 1 is 0.329 bits per heavy atom. The van der Waals surface area contributed by atoms with Crippen LogP contribution in [0.15, 0.2) is 243 Å². The van der Waals surface area contributed by atoms with Gasteiger partial charge in [0.1, 0.15) is 0 Å². The van der Waals surface area contributed by atoms with Crippen LogP contribution in [0, 0.1) is 0 Å². The molecule has 0 N–H and O–H groups in total. The fourth-order valence-corrected chi connectivity index (χ4v) is 11.9. The Bertz CT molecular complexity index is 4180. The third-order valence-electron chi connectivity index (χ3n) is 14.8. The molecule has 1 aliphatic rings. The highest BCUT2D eigenvalue weighted by atomic mass is 15.1. The highest BCUT2D eigenvalue weighted by Gasteiger charge is 2.26. The van der Waals surface area contributed by atoms with Gasteiger partial charge in [-0.1, -0.05) is 158 Å². The first kappa shape index (κ1) is 38.9. The summed E-state index contributed by atoms with van der Waals surface area (Å²) in [6.07, 6.45) is 5.66. The molecule has 0 saturated carbocycles. The molecule has 0 saturated heterocycles. The van der Waals surface area contributed by atoms with Crippen LogP contribution in [0.2, 0.25) is 0 Å². The van der Waals surface area contributed by atoms with E-state index in [4.69, 9.17) is 4.98 Å². The van der Waals surface area contributed by atoms with Crippen LogP contribution in [0.5, 0.6) is 0 Å². The number of hydrogen-bond acceptors (Lipinski definition) is 1. The number of pyridine rings is 1. The molecule has 15 rings (SSSR count). The highest BCUT2D eigenvalue weighted by Crippen LogP contribution is 2.44. The minimum absolute atomic E-state index is 0.00529. The predicted molar refractivity (Wildman–Crippen MR) is 293 cm³/mol. The number of benzene rings is 9. The lowest BCUT2D eigenvalue weighted by molar-refractivity contribution is 0.647. The molecule has 0 radical (unpaired) electrons. The first-order valence-electron chi connectivity index (χ1n) is 24.2. The summed E-state index contributed by atoms with van der Waals surface area (Å²) in [6, 6.07) is 84.0. The van der Waals surface area contributed by atoms with Crippen molar-refractivity contribution >= 4 is 98.5 Å². The standard InChI is InChI=1S/C65H43N5/c1-9-28-58-48(18-1)49-19-2-10-29-59(49)67(58)44-36-42(37-45(40-44)68-60-30-11-3-20-50(60)51-21-4-12-31-61(51)68)56-26-17-27-57(66-56)43-38-46(69-62-32-13-5-22-52(62)53-23-6-14-33-63(53)69)41-47(39-43)70-64-34-15-7-24-54(64)55-25-8-16-35-65(55)70/h1-40,46H,41H2. The Labute approximate surface area is 403 Å².